The summed E-state index contributed by atoms with van der Waals surface area (Å²) in [5.74, 6) is 0.502. The molecule has 0 spiro atoms. The summed E-state index contributed by atoms with van der Waals surface area (Å²) < 4.78 is 1.84. The van der Waals surface area contributed by atoms with Crippen LogP contribution in [0.25, 0.3) is 17.1 Å². The van der Waals surface area contributed by atoms with Crippen molar-refractivity contribution in [3.05, 3.63) is 98.5 Å². The summed E-state index contributed by atoms with van der Waals surface area (Å²) in [4.78, 5) is 22.9. The first-order valence-corrected chi connectivity index (χ1v) is 11.0. The fourth-order valence-corrected chi connectivity index (χ4v) is 4.05. The van der Waals surface area contributed by atoms with Gasteiger partial charge in [-0.3, -0.25) is 19.5 Å². The minimum absolute atomic E-state index is 0.0655. The molecule has 0 aliphatic rings. The first-order chi connectivity index (χ1) is 15.4. The second-order valence-electron chi connectivity index (χ2n) is 6.64. The van der Waals surface area contributed by atoms with Crippen molar-refractivity contribution in [3.8, 4) is 17.1 Å². The number of thioether (sulfide) groups is 1. The number of halogens is 2. The molecule has 0 radical (unpaired) electrons. The second kappa shape index (κ2) is 9.52. The lowest BCUT2D eigenvalue weighted by Crippen LogP contribution is -2.05. The maximum absolute atomic E-state index is 12.6. The van der Waals surface area contributed by atoms with Crippen molar-refractivity contribution in [2.75, 3.05) is 5.75 Å². The Labute approximate surface area is 197 Å². The number of nitro benzene ring substituents is 1. The highest BCUT2D eigenvalue weighted by molar-refractivity contribution is 7.99. The summed E-state index contributed by atoms with van der Waals surface area (Å²) in [6.45, 7) is 0. The molecule has 0 aliphatic heterocycles. The molecule has 0 N–H and O–H groups in total. The number of hydrogen-bond acceptors (Lipinski definition) is 6. The largest absolute Gasteiger partial charge is 0.293 e. The third-order valence-corrected chi connectivity index (χ3v) is 5.99. The fraction of sp³-hybridized carbons (Fsp3) is 0.0455. The van der Waals surface area contributed by atoms with E-state index in [0.717, 1.165) is 11.3 Å². The SMILES string of the molecule is O=C(CSc1nnc(-c2ccc(Cl)cc2)n1-c1ccc(Cl)cc1)c1ccc([N+](=O)[O-])cc1. The molecular weight excluding hydrogens is 471 g/mol. The van der Waals surface area contributed by atoms with E-state index in [9.17, 15) is 14.9 Å². The van der Waals surface area contributed by atoms with Crippen molar-refractivity contribution >= 4 is 46.4 Å². The van der Waals surface area contributed by atoms with Crippen molar-refractivity contribution in [2.45, 2.75) is 5.16 Å². The van der Waals surface area contributed by atoms with E-state index in [4.69, 9.17) is 23.2 Å². The lowest BCUT2D eigenvalue weighted by molar-refractivity contribution is -0.384. The lowest BCUT2D eigenvalue weighted by atomic mass is 10.1. The van der Waals surface area contributed by atoms with Gasteiger partial charge in [0, 0.05) is 39.0 Å². The average Bonchev–Trinajstić information content (AvgIpc) is 3.22. The van der Waals surface area contributed by atoms with Gasteiger partial charge in [-0.05, 0) is 60.7 Å². The second-order valence-corrected chi connectivity index (χ2v) is 8.46. The molecule has 0 saturated heterocycles. The minimum Gasteiger partial charge on any atom is -0.293 e. The Morgan fingerprint density at radius 2 is 1.50 bits per heavy atom. The van der Waals surface area contributed by atoms with E-state index in [-0.39, 0.29) is 17.2 Å². The highest BCUT2D eigenvalue weighted by Gasteiger charge is 2.18. The van der Waals surface area contributed by atoms with E-state index in [1.807, 2.05) is 28.8 Å². The van der Waals surface area contributed by atoms with Crippen molar-refractivity contribution in [1.29, 1.82) is 0 Å². The van der Waals surface area contributed by atoms with Gasteiger partial charge >= 0.3 is 0 Å². The molecule has 32 heavy (non-hydrogen) atoms. The maximum atomic E-state index is 12.6. The number of Topliss-reactive ketones (excluding diaryl/α,β-unsaturated/α-hetero) is 1. The van der Waals surface area contributed by atoms with Gasteiger partial charge in [0.2, 0.25) is 0 Å². The molecule has 0 fully saturated rings. The number of aromatic nitrogens is 3. The van der Waals surface area contributed by atoms with Gasteiger partial charge < -0.3 is 0 Å². The van der Waals surface area contributed by atoms with Gasteiger partial charge in [0.1, 0.15) is 0 Å². The van der Waals surface area contributed by atoms with Gasteiger partial charge in [0.05, 0.1) is 10.7 Å². The first-order valence-electron chi connectivity index (χ1n) is 9.30. The monoisotopic (exact) mass is 484 g/mol. The molecule has 0 unspecified atom stereocenters. The number of carbonyl (C=O) groups is 1. The molecule has 0 bridgehead atoms. The molecule has 7 nitrogen and oxygen atoms in total. The van der Waals surface area contributed by atoms with E-state index < -0.39 is 4.92 Å². The first kappa shape index (κ1) is 22.0. The standard InChI is InChI=1S/C22H14Cl2N4O3S/c23-16-5-1-15(2-6-16)21-25-26-22(27(21)18-11-7-17(24)8-12-18)32-13-20(29)14-3-9-19(10-4-14)28(30)31/h1-12H,13H2. The van der Waals surface area contributed by atoms with Crippen molar-refractivity contribution < 1.29 is 9.72 Å². The quantitative estimate of drug-likeness (QED) is 0.136. The molecule has 4 aromatic rings. The van der Waals surface area contributed by atoms with Crippen LogP contribution in [0.15, 0.2) is 78.0 Å². The number of nitrogens with zero attached hydrogens (tertiary/aromatic N) is 4. The highest BCUT2D eigenvalue weighted by Crippen LogP contribution is 2.29. The van der Waals surface area contributed by atoms with Gasteiger partial charge in [-0.15, -0.1) is 10.2 Å². The number of benzene rings is 3. The van der Waals surface area contributed by atoms with Gasteiger partial charge in [0.15, 0.2) is 16.8 Å². The Morgan fingerprint density at radius 1 is 0.906 bits per heavy atom. The molecule has 10 heteroatoms. The molecule has 1 heterocycles. The predicted octanol–water partition coefficient (Wildman–Crippen LogP) is 6.12. The third-order valence-electron chi connectivity index (χ3n) is 4.55. The van der Waals surface area contributed by atoms with E-state index in [1.165, 1.54) is 36.0 Å². The van der Waals surface area contributed by atoms with E-state index >= 15 is 0 Å². The van der Waals surface area contributed by atoms with Crippen molar-refractivity contribution in [2.24, 2.45) is 0 Å². The van der Waals surface area contributed by atoms with Gasteiger partial charge in [0.25, 0.3) is 5.69 Å². The van der Waals surface area contributed by atoms with E-state index in [1.54, 1.807) is 24.3 Å². The average molecular weight is 485 g/mol. The van der Waals surface area contributed by atoms with Crippen LogP contribution in [0.1, 0.15) is 10.4 Å². The van der Waals surface area contributed by atoms with Crippen LogP contribution < -0.4 is 0 Å². The van der Waals surface area contributed by atoms with Crippen molar-refractivity contribution in [3.63, 3.8) is 0 Å². The molecule has 1 aromatic heterocycles. The number of non-ortho nitro benzene ring substituents is 1. The number of rotatable bonds is 7. The smallest absolute Gasteiger partial charge is 0.269 e. The molecule has 3 aromatic carbocycles. The summed E-state index contributed by atoms with van der Waals surface area (Å²) in [7, 11) is 0. The molecule has 0 amide bonds. The lowest BCUT2D eigenvalue weighted by Gasteiger charge is -2.10. The molecule has 0 saturated carbocycles. The zero-order valence-electron chi connectivity index (χ0n) is 16.3. The Bertz CT molecular complexity index is 1270. The maximum Gasteiger partial charge on any atom is 0.269 e. The van der Waals surface area contributed by atoms with Gasteiger partial charge in [-0.25, -0.2) is 0 Å². The van der Waals surface area contributed by atoms with Crippen LogP contribution in [0.2, 0.25) is 10.0 Å². The minimum atomic E-state index is -0.504. The summed E-state index contributed by atoms with van der Waals surface area (Å²) >= 11 is 13.3. The third kappa shape index (κ3) is 4.83. The molecule has 4 rings (SSSR count). The summed E-state index contributed by atoms with van der Waals surface area (Å²) in [6.07, 6.45) is 0. The number of ketones is 1. The van der Waals surface area contributed by atoms with Crippen LogP contribution in [-0.4, -0.2) is 31.2 Å². The highest BCUT2D eigenvalue weighted by atomic mass is 35.5. The predicted molar refractivity (Wildman–Crippen MR) is 125 cm³/mol. The Hall–Kier alpha value is -3.20. The van der Waals surface area contributed by atoms with Crippen LogP contribution >= 0.6 is 35.0 Å². The van der Waals surface area contributed by atoms with Crippen LogP contribution in [0.4, 0.5) is 5.69 Å². The molecule has 0 aliphatic carbocycles. The van der Waals surface area contributed by atoms with Crippen LogP contribution in [0.3, 0.4) is 0 Å². The van der Waals surface area contributed by atoms with E-state index in [2.05, 4.69) is 10.2 Å². The normalized spacial score (nSPS) is 10.8. The summed E-state index contributed by atoms with van der Waals surface area (Å²) in [5, 5.41) is 21.1. The fourth-order valence-electron chi connectivity index (χ4n) is 2.95. The number of hydrogen-bond donors (Lipinski definition) is 0. The van der Waals surface area contributed by atoms with Crippen molar-refractivity contribution in [1.82, 2.24) is 14.8 Å². The topological polar surface area (TPSA) is 90.9 Å². The zero-order valence-corrected chi connectivity index (χ0v) is 18.6. The summed E-state index contributed by atoms with van der Waals surface area (Å²) in [6, 6.07) is 19.9. The molecule has 0 atom stereocenters. The van der Waals surface area contributed by atoms with E-state index in [0.29, 0.717) is 26.6 Å². The Kier molecular flexibility index (Phi) is 6.55. The Balaban J connectivity index is 1.63. The number of nitro groups is 1. The van der Waals surface area contributed by atoms with Gasteiger partial charge in [-0.2, -0.15) is 0 Å². The number of carbonyl (C=O) groups excluding carboxylic acids is 1. The Morgan fingerprint density at radius 3 is 2.09 bits per heavy atom. The molecule has 160 valence electrons. The van der Waals surface area contributed by atoms with Crippen LogP contribution in [-0.2, 0) is 0 Å². The summed E-state index contributed by atoms with van der Waals surface area (Å²) in [5.41, 5.74) is 1.92. The molecular formula is C22H14Cl2N4O3S. The van der Waals surface area contributed by atoms with Crippen LogP contribution in [0, 0.1) is 10.1 Å². The van der Waals surface area contributed by atoms with Crippen LogP contribution in [0.5, 0.6) is 0 Å². The van der Waals surface area contributed by atoms with Gasteiger partial charge in [-0.1, -0.05) is 35.0 Å². The zero-order chi connectivity index (χ0) is 22.7.